The second-order valence-corrected chi connectivity index (χ2v) is 9.70. The Morgan fingerprint density at radius 2 is 1.38 bits per heavy atom. The molecule has 6 heteroatoms. The lowest BCUT2D eigenvalue weighted by Crippen LogP contribution is -2.53. The molecular weight excluding hydrogens is 531 g/mol. The van der Waals surface area contributed by atoms with E-state index in [0.717, 1.165) is 27.4 Å². The third kappa shape index (κ3) is 4.90. The number of carbonyl (C=O) groups is 1. The average Bonchev–Trinajstić information content (AvgIpc) is 2.93. The van der Waals surface area contributed by atoms with Crippen LogP contribution >= 0.6 is 15.9 Å². The summed E-state index contributed by atoms with van der Waals surface area (Å²) >= 11 is 3.47. The number of hydrogen-bond acceptors (Lipinski definition) is 3. The van der Waals surface area contributed by atoms with Crippen molar-refractivity contribution in [2.75, 3.05) is 0 Å². The topological polar surface area (TPSA) is 62.2 Å². The van der Waals surface area contributed by atoms with E-state index in [9.17, 15) is 14.3 Å². The number of benzene rings is 4. The van der Waals surface area contributed by atoms with E-state index in [1.54, 1.807) is 0 Å². The fraction of sp³-hybridized carbons (Fsp3) is 0.0968. The van der Waals surface area contributed by atoms with Gasteiger partial charge in [0.05, 0.1) is 17.3 Å². The summed E-state index contributed by atoms with van der Waals surface area (Å²) in [6.45, 7) is 0. The number of nitrogens with zero attached hydrogens (tertiary/aromatic N) is 1. The van der Waals surface area contributed by atoms with E-state index in [0.29, 0.717) is 16.5 Å². The number of carboxylic acid groups (broad SMARTS) is 1. The Labute approximate surface area is 223 Å². The molecule has 0 unspecified atom stereocenters. The molecule has 0 saturated carbocycles. The molecule has 0 saturated heterocycles. The van der Waals surface area contributed by atoms with Gasteiger partial charge in [-0.2, -0.15) is 0 Å². The van der Waals surface area contributed by atoms with Crippen LogP contribution in [-0.2, 0) is 16.8 Å². The van der Waals surface area contributed by atoms with E-state index in [2.05, 4.69) is 26.2 Å². The number of pyridine rings is 1. The van der Waals surface area contributed by atoms with Crippen molar-refractivity contribution in [3.63, 3.8) is 0 Å². The molecule has 1 atom stereocenters. The third-order valence-corrected chi connectivity index (χ3v) is 7.23. The number of halogens is 2. The van der Waals surface area contributed by atoms with Crippen molar-refractivity contribution in [2.24, 2.45) is 0 Å². The average molecular weight is 555 g/mol. The van der Waals surface area contributed by atoms with Gasteiger partial charge in [0.1, 0.15) is 11.9 Å². The minimum atomic E-state index is -1.01. The molecule has 0 aliphatic rings. The second-order valence-electron chi connectivity index (χ2n) is 8.84. The largest absolute Gasteiger partial charge is 0.480 e. The zero-order valence-electron chi connectivity index (χ0n) is 19.8. The molecule has 2 N–H and O–H groups in total. The monoisotopic (exact) mass is 554 g/mol. The minimum absolute atomic E-state index is 0.124. The van der Waals surface area contributed by atoms with Crippen molar-refractivity contribution in [1.82, 2.24) is 10.3 Å². The molecule has 5 rings (SSSR count). The number of aliphatic carboxylic acids is 1. The van der Waals surface area contributed by atoms with Gasteiger partial charge < -0.3 is 5.11 Å². The van der Waals surface area contributed by atoms with Gasteiger partial charge >= 0.3 is 5.97 Å². The molecule has 4 aromatic carbocycles. The summed E-state index contributed by atoms with van der Waals surface area (Å²) in [6.07, 6.45) is 1.29. The van der Waals surface area contributed by atoms with Crippen LogP contribution in [0.1, 0.15) is 22.3 Å². The lowest BCUT2D eigenvalue weighted by atomic mass is 9.76. The summed E-state index contributed by atoms with van der Waals surface area (Å²) in [7, 11) is 0. The van der Waals surface area contributed by atoms with Crippen molar-refractivity contribution < 1.29 is 14.3 Å². The van der Waals surface area contributed by atoms with Crippen LogP contribution in [0.4, 0.5) is 4.39 Å². The van der Waals surface area contributed by atoms with Gasteiger partial charge in [-0.05, 0) is 56.7 Å². The quantitative estimate of drug-likeness (QED) is 0.209. The zero-order valence-corrected chi connectivity index (χ0v) is 21.4. The molecule has 0 bridgehead atoms. The van der Waals surface area contributed by atoms with Gasteiger partial charge in [0.25, 0.3) is 0 Å². The predicted octanol–water partition coefficient (Wildman–Crippen LogP) is 6.71. The Kier molecular flexibility index (Phi) is 7.12. The van der Waals surface area contributed by atoms with E-state index in [1.165, 1.54) is 6.07 Å². The summed E-state index contributed by atoms with van der Waals surface area (Å²) in [5, 5.41) is 14.6. The lowest BCUT2D eigenvalue weighted by molar-refractivity contribution is -0.139. The highest BCUT2D eigenvalue weighted by molar-refractivity contribution is 9.10. The smallest absolute Gasteiger partial charge is 0.321 e. The zero-order chi connectivity index (χ0) is 25.8. The molecule has 0 fully saturated rings. The van der Waals surface area contributed by atoms with Gasteiger partial charge in [0.15, 0.2) is 0 Å². The lowest BCUT2D eigenvalue weighted by Gasteiger charge is -2.39. The molecule has 184 valence electrons. The molecule has 5 aromatic rings. The summed E-state index contributed by atoms with van der Waals surface area (Å²) in [5.74, 6) is -1.48. The number of fused-ring (bicyclic) bond motifs is 1. The van der Waals surface area contributed by atoms with E-state index in [4.69, 9.17) is 0 Å². The van der Waals surface area contributed by atoms with Crippen LogP contribution in [0.25, 0.3) is 10.9 Å². The maximum absolute atomic E-state index is 14.2. The first-order chi connectivity index (χ1) is 18.0. The van der Waals surface area contributed by atoms with Gasteiger partial charge in [-0.3, -0.25) is 15.1 Å². The first-order valence-corrected chi connectivity index (χ1v) is 12.7. The Hall–Kier alpha value is -3.87. The highest BCUT2D eigenvalue weighted by atomic mass is 79.9. The van der Waals surface area contributed by atoms with Gasteiger partial charge in [0, 0.05) is 9.86 Å². The molecule has 37 heavy (non-hydrogen) atoms. The van der Waals surface area contributed by atoms with Crippen molar-refractivity contribution in [1.29, 1.82) is 0 Å². The number of aromatic nitrogens is 1. The summed E-state index contributed by atoms with van der Waals surface area (Å²) in [5.41, 5.74) is 3.05. The van der Waals surface area contributed by atoms with Crippen molar-refractivity contribution in [3.8, 4) is 0 Å². The number of rotatable bonds is 8. The molecule has 0 radical (unpaired) electrons. The fourth-order valence-corrected chi connectivity index (χ4v) is 5.34. The van der Waals surface area contributed by atoms with Crippen molar-refractivity contribution in [2.45, 2.75) is 18.0 Å². The molecular formula is C31H24BrFN2O2. The van der Waals surface area contributed by atoms with Crippen molar-refractivity contribution >= 4 is 32.8 Å². The highest BCUT2D eigenvalue weighted by Crippen LogP contribution is 2.38. The highest BCUT2D eigenvalue weighted by Gasteiger charge is 2.40. The Morgan fingerprint density at radius 3 is 1.86 bits per heavy atom. The number of carboxylic acids is 1. The second kappa shape index (κ2) is 10.6. The van der Waals surface area contributed by atoms with Crippen LogP contribution in [-0.4, -0.2) is 22.1 Å². The van der Waals surface area contributed by atoms with Gasteiger partial charge in [-0.15, -0.1) is 0 Å². The minimum Gasteiger partial charge on any atom is -0.480 e. The SMILES string of the molecule is O=C(O)[C@H](Cc1ccc(Br)c2ncc(F)cc12)NC(c1ccccc1)(c1ccccc1)c1ccccc1. The van der Waals surface area contributed by atoms with E-state index < -0.39 is 23.4 Å². The molecule has 0 aliphatic heterocycles. The van der Waals surface area contributed by atoms with Crippen LogP contribution in [0, 0.1) is 5.82 Å². The Morgan fingerprint density at radius 1 is 0.865 bits per heavy atom. The third-order valence-electron chi connectivity index (χ3n) is 6.59. The predicted molar refractivity (Wildman–Crippen MR) is 147 cm³/mol. The van der Waals surface area contributed by atoms with Crippen LogP contribution in [0.15, 0.2) is 120 Å². The van der Waals surface area contributed by atoms with Crippen LogP contribution < -0.4 is 5.32 Å². The van der Waals surface area contributed by atoms with E-state index in [1.807, 2.05) is 103 Å². The van der Waals surface area contributed by atoms with Gasteiger partial charge in [-0.1, -0.05) is 97.1 Å². The fourth-order valence-electron chi connectivity index (χ4n) is 4.89. The molecule has 0 amide bonds. The van der Waals surface area contributed by atoms with Crippen LogP contribution in [0.2, 0.25) is 0 Å². The van der Waals surface area contributed by atoms with E-state index in [-0.39, 0.29) is 6.42 Å². The maximum atomic E-state index is 14.2. The first kappa shape index (κ1) is 24.8. The molecule has 0 aliphatic carbocycles. The standard InChI is InChI=1S/C31H24BrFN2O2/c32-27-17-16-21(26-19-25(33)20-34-29(26)27)18-28(30(36)37)35-31(22-10-4-1-5-11-22,23-12-6-2-7-13-23)24-14-8-3-9-15-24/h1-17,19-20,28,35H,18H2,(H,36,37)/t28-/m0/s1. The van der Waals surface area contributed by atoms with Gasteiger partial charge in [-0.25, -0.2) is 4.39 Å². The van der Waals surface area contributed by atoms with Crippen molar-refractivity contribution in [3.05, 3.63) is 148 Å². The van der Waals surface area contributed by atoms with E-state index >= 15 is 0 Å². The molecule has 1 aromatic heterocycles. The Bertz CT molecular complexity index is 1430. The molecule has 4 nitrogen and oxygen atoms in total. The molecule has 1 heterocycles. The summed E-state index contributed by atoms with van der Waals surface area (Å²) in [4.78, 5) is 17.0. The maximum Gasteiger partial charge on any atom is 0.321 e. The number of hydrogen-bond donors (Lipinski definition) is 2. The molecule has 0 spiro atoms. The van der Waals surface area contributed by atoms with Gasteiger partial charge in [0.2, 0.25) is 0 Å². The summed E-state index contributed by atoms with van der Waals surface area (Å²) < 4.78 is 14.9. The van der Waals surface area contributed by atoms with Crippen LogP contribution in [0.5, 0.6) is 0 Å². The first-order valence-electron chi connectivity index (χ1n) is 11.9. The number of nitrogens with one attached hydrogen (secondary N) is 1. The summed E-state index contributed by atoms with van der Waals surface area (Å²) in [6, 6.07) is 33.5. The normalized spacial score (nSPS) is 12.4. The van der Waals surface area contributed by atoms with Crippen LogP contribution in [0.3, 0.4) is 0 Å². The Balaban J connectivity index is 1.68.